The third-order valence-electron chi connectivity index (χ3n) is 4.68. The van der Waals surface area contributed by atoms with Crippen molar-refractivity contribution in [3.05, 3.63) is 18.3 Å². The van der Waals surface area contributed by atoms with Crippen LogP contribution in [0.4, 0.5) is 5.69 Å². The number of nitrogens with zero attached hydrogens (tertiary/aromatic N) is 1. The predicted octanol–water partition coefficient (Wildman–Crippen LogP) is 2.34. The fourth-order valence-corrected chi connectivity index (χ4v) is 3.51. The number of hydrogen-bond acceptors (Lipinski definition) is 4. The van der Waals surface area contributed by atoms with Crippen LogP contribution in [0.5, 0.6) is 5.88 Å². The molecular weight excluding hydrogens is 266 g/mol. The van der Waals surface area contributed by atoms with Gasteiger partial charge in [-0.25, -0.2) is 4.98 Å². The van der Waals surface area contributed by atoms with E-state index in [4.69, 9.17) is 4.74 Å². The summed E-state index contributed by atoms with van der Waals surface area (Å²) >= 11 is 0. The molecule has 2 heterocycles. The lowest BCUT2D eigenvalue weighted by molar-refractivity contribution is -0.119. The number of ether oxygens (including phenoxy) is 1. The highest BCUT2D eigenvalue weighted by Gasteiger charge is 2.34. The molecule has 1 aromatic rings. The zero-order valence-corrected chi connectivity index (χ0v) is 12.5. The van der Waals surface area contributed by atoms with Crippen molar-refractivity contribution in [2.45, 2.75) is 50.6 Å². The third kappa shape index (κ3) is 3.35. The van der Waals surface area contributed by atoms with Gasteiger partial charge >= 0.3 is 0 Å². The summed E-state index contributed by atoms with van der Waals surface area (Å²) in [6.45, 7) is 0. The second kappa shape index (κ2) is 6.43. The summed E-state index contributed by atoms with van der Waals surface area (Å²) in [7, 11) is 1.58. The number of nitrogens with one attached hydrogen (secondary N) is 2. The van der Waals surface area contributed by atoms with Gasteiger partial charge in [-0.05, 0) is 37.7 Å². The van der Waals surface area contributed by atoms with Gasteiger partial charge in [0.05, 0.1) is 25.0 Å². The molecule has 0 radical (unpaired) electrons. The van der Waals surface area contributed by atoms with E-state index < -0.39 is 0 Å². The molecule has 5 heteroatoms. The van der Waals surface area contributed by atoms with Crippen LogP contribution in [-0.4, -0.2) is 30.1 Å². The maximum absolute atomic E-state index is 12.4. The van der Waals surface area contributed by atoms with E-state index in [2.05, 4.69) is 15.6 Å². The first-order valence-corrected chi connectivity index (χ1v) is 7.83. The average Bonchev–Trinajstić information content (AvgIpc) is 2.55. The van der Waals surface area contributed by atoms with E-state index >= 15 is 0 Å². The zero-order chi connectivity index (χ0) is 14.7. The molecule has 1 amide bonds. The first-order valence-electron chi connectivity index (χ1n) is 7.83. The van der Waals surface area contributed by atoms with Crippen LogP contribution in [0.15, 0.2) is 18.3 Å². The van der Waals surface area contributed by atoms with Crippen molar-refractivity contribution < 1.29 is 9.53 Å². The molecule has 1 aromatic heterocycles. The Morgan fingerprint density at radius 3 is 2.90 bits per heavy atom. The number of pyridine rings is 1. The van der Waals surface area contributed by atoms with Gasteiger partial charge in [-0.15, -0.1) is 0 Å². The summed E-state index contributed by atoms with van der Waals surface area (Å²) in [5, 5.41) is 6.48. The van der Waals surface area contributed by atoms with Crippen LogP contribution in [0, 0.1) is 5.92 Å². The summed E-state index contributed by atoms with van der Waals surface area (Å²) in [6, 6.07) is 4.01. The van der Waals surface area contributed by atoms with Crippen LogP contribution in [0.1, 0.15) is 38.5 Å². The van der Waals surface area contributed by atoms with E-state index in [0.29, 0.717) is 17.6 Å². The van der Waals surface area contributed by atoms with Gasteiger partial charge in [-0.1, -0.05) is 12.8 Å². The normalized spacial score (nSPS) is 28.5. The summed E-state index contributed by atoms with van der Waals surface area (Å²) in [5.74, 6) is 1.37. The topological polar surface area (TPSA) is 63.2 Å². The Morgan fingerprint density at radius 1 is 1.29 bits per heavy atom. The Balaban J connectivity index is 1.57. The minimum absolute atomic E-state index is 0.0472. The zero-order valence-electron chi connectivity index (χ0n) is 12.5. The van der Waals surface area contributed by atoms with Crippen molar-refractivity contribution in [3.63, 3.8) is 0 Å². The highest BCUT2D eigenvalue weighted by molar-refractivity contribution is 5.94. The lowest BCUT2D eigenvalue weighted by atomic mass is 9.77. The predicted molar refractivity (Wildman–Crippen MR) is 81.3 cm³/mol. The molecule has 21 heavy (non-hydrogen) atoms. The number of carbonyl (C=O) groups is 1. The number of fused-ring (bicyclic) bond motifs is 1. The molecular formula is C16H23N3O2. The smallest absolute Gasteiger partial charge is 0.241 e. The molecule has 114 valence electrons. The van der Waals surface area contributed by atoms with Crippen LogP contribution in [0.25, 0.3) is 0 Å². The summed E-state index contributed by atoms with van der Waals surface area (Å²) in [6.07, 6.45) is 8.87. The molecule has 1 saturated carbocycles. The minimum atomic E-state index is -0.0774. The number of piperidine rings is 1. The van der Waals surface area contributed by atoms with Crippen LogP contribution in [-0.2, 0) is 4.79 Å². The second-order valence-electron chi connectivity index (χ2n) is 6.03. The van der Waals surface area contributed by atoms with Gasteiger partial charge in [0, 0.05) is 12.1 Å². The third-order valence-corrected chi connectivity index (χ3v) is 4.68. The fourth-order valence-electron chi connectivity index (χ4n) is 3.51. The number of hydrogen-bond donors (Lipinski definition) is 2. The second-order valence-corrected chi connectivity index (χ2v) is 6.03. The molecule has 5 nitrogen and oxygen atoms in total. The van der Waals surface area contributed by atoms with Crippen LogP contribution in [0.3, 0.4) is 0 Å². The number of carbonyl (C=O) groups excluding carboxylic acids is 1. The number of methoxy groups -OCH3 is 1. The van der Waals surface area contributed by atoms with Gasteiger partial charge in [-0.3, -0.25) is 4.79 Å². The first-order chi connectivity index (χ1) is 10.3. The number of aromatic nitrogens is 1. The Hall–Kier alpha value is -1.62. The molecule has 2 fully saturated rings. The summed E-state index contributed by atoms with van der Waals surface area (Å²) < 4.78 is 5.01. The van der Waals surface area contributed by atoms with Crippen LogP contribution in [0.2, 0.25) is 0 Å². The molecule has 1 saturated heterocycles. The van der Waals surface area contributed by atoms with Crippen molar-refractivity contribution in [2.24, 2.45) is 5.92 Å². The first kappa shape index (κ1) is 14.3. The highest BCUT2D eigenvalue weighted by atomic mass is 16.5. The largest absolute Gasteiger partial charge is 0.481 e. The molecule has 3 unspecified atom stereocenters. The van der Waals surface area contributed by atoms with Gasteiger partial charge < -0.3 is 15.4 Å². The van der Waals surface area contributed by atoms with Gasteiger partial charge in [0.25, 0.3) is 0 Å². The SMILES string of the molecule is COc1ccc(NC(=O)C2CCC3CCCCC3N2)cn1. The average molecular weight is 289 g/mol. The summed E-state index contributed by atoms with van der Waals surface area (Å²) in [4.78, 5) is 16.5. The highest BCUT2D eigenvalue weighted by Crippen LogP contribution is 2.32. The van der Waals surface area contributed by atoms with E-state index in [1.54, 1.807) is 19.4 Å². The van der Waals surface area contributed by atoms with E-state index in [-0.39, 0.29) is 11.9 Å². The molecule has 3 rings (SSSR count). The van der Waals surface area contributed by atoms with Crippen molar-refractivity contribution in [2.75, 3.05) is 12.4 Å². The molecule has 3 atom stereocenters. The van der Waals surface area contributed by atoms with Crippen molar-refractivity contribution >= 4 is 11.6 Å². The lowest BCUT2D eigenvalue weighted by Crippen LogP contribution is -2.53. The van der Waals surface area contributed by atoms with E-state index in [1.807, 2.05) is 6.07 Å². The van der Waals surface area contributed by atoms with Crippen LogP contribution < -0.4 is 15.4 Å². The molecule has 2 N–H and O–H groups in total. The van der Waals surface area contributed by atoms with Gasteiger partial charge in [0.1, 0.15) is 0 Å². The monoisotopic (exact) mass is 289 g/mol. The van der Waals surface area contributed by atoms with Gasteiger partial charge in [-0.2, -0.15) is 0 Å². The minimum Gasteiger partial charge on any atom is -0.481 e. The molecule has 2 aliphatic rings. The Morgan fingerprint density at radius 2 is 2.14 bits per heavy atom. The summed E-state index contributed by atoms with van der Waals surface area (Å²) in [5.41, 5.74) is 0.716. The standard InChI is InChI=1S/C16H23N3O2/c1-21-15-9-7-12(10-17-15)18-16(20)14-8-6-11-4-2-3-5-13(11)19-14/h7,9-11,13-14,19H,2-6,8H2,1H3,(H,18,20). The maximum Gasteiger partial charge on any atom is 0.241 e. The van der Waals surface area contributed by atoms with E-state index in [0.717, 1.165) is 18.8 Å². The number of amides is 1. The maximum atomic E-state index is 12.4. The quantitative estimate of drug-likeness (QED) is 0.896. The van der Waals surface area contributed by atoms with Gasteiger partial charge in [0.15, 0.2) is 0 Å². The molecule has 0 spiro atoms. The molecule has 0 bridgehead atoms. The molecule has 1 aliphatic heterocycles. The Bertz CT molecular complexity index is 489. The fraction of sp³-hybridized carbons (Fsp3) is 0.625. The lowest BCUT2D eigenvalue weighted by Gasteiger charge is -2.39. The van der Waals surface area contributed by atoms with Crippen LogP contribution >= 0.6 is 0 Å². The van der Waals surface area contributed by atoms with Gasteiger partial charge in [0.2, 0.25) is 11.8 Å². The van der Waals surface area contributed by atoms with Crippen molar-refractivity contribution in [1.29, 1.82) is 0 Å². The van der Waals surface area contributed by atoms with E-state index in [1.165, 1.54) is 25.7 Å². The number of anilines is 1. The molecule has 0 aromatic carbocycles. The van der Waals surface area contributed by atoms with Crippen molar-refractivity contribution in [3.8, 4) is 5.88 Å². The number of rotatable bonds is 3. The Labute approximate surface area is 125 Å². The Kier molecular flexibility index (Phi) is 4.39. The molecule has 1 aliphatic carbocycles. The van der Waals surface area contributed by atoms with Crippen molar-refractivity contribution in [1.82, 2.24) is 10.3 Å². The van der Waals surface area contributed by atoms with E-state index in [9.17, 15) is 4.79 Å².